The van der Waals surface area contributed by atoms with Crippen LogP contribution in [0, 0.1) is 0 Å². The first kappa shape index (κ1) is 23.9. The minimum Gasteiger partial charge on any atom is -0.491 e. The van der Waals surface area contributed by atoms with Crippen LogP contribution in [0.15, 0.2) is 58.3 Å². The Morgan fingerprint density at radius 3 is 1.83 bits per heavy atom. The molecular formula is C20H23ClO8S. The number of alkyl halides is 1. The molecule has 0 heterocycles. The van der Waals surface area contributed by atoms with Gasteiger partial charge in [0.25, 0.3) is 0 Å². The number of halogens is 1. The number of ether oxygens (including phenoxy) is 3. The van der Waals surface area contributed by atoms with Crippen LogP contribution in [0.3, 0.4) is 0 Å². The fourth-order valence-electron chi connectivity index (χ4n) is 2.35. The monoisotopic (exact) mass is 458 g/mol. The van der Waals surface area contributed by atoms with Gasteiger partial charge >= 0.3 is 5.97 Å². The molecule has 0 amide bonds. The third-order valence-corrected chi connectivity index (χ3v) is 5.99. The highest BCUT2D eigenvalue weighted by Crippen LogP contribution is 2.25. The maximum atomic E-state index is 12.8. The summed E-state index contributed by atoms with van der Waals surface area (Å²) in [6.45, 7) is 0.784. The van der Waals surface area contributed by atoms with Crippen LogP contribution < -0.4 is 9.47 Å². The Morgan fingerprint density at radius 2 is 1.43 bits per heavy atom. The third kappa shape index (κ3) is 6.88. The van der Waals surface area contributed by atoms with E-state index in [0.717, 1.165) is 0 Å². The van der Waals surface area contributed by atoms with Gasteiger partial charge in [-0.1, -0.05) is 0 Å². The molecule has 10 heteroatoms. The Bertz CT molecular complexity index is 913. The number of benzene rings is 2. The Kier molecular flexibility index (Phi) is 8.91. The normalized spacial score (nSPS) is 13.3. The summed E-state index contributed by atoms with van der Waals surface area (Å²) < 4.78 is 41.3. The summed E-state index contributed by atoms with van der Waals surface area (Å²) in [6.07, 6.45) is -1.62. The van der Waals surface area contributed by atoms with E-state index in [4.69, 9.17) is 30.9 Å². The summed E-state index contributed by atoms with van der Waals surface area (Å²) in [4.78, 5) is 11.1. The second kappa shape index (κ2) is 11.2. The molecule has 0 saturated carbocycles. The van der Waals surface area contributed by atoms with Gasteiger partial charge in [0.2, 0.25) is 9.84 Å². The molecule has 0 fully saturated rings. The van der Waals surface area contributed by atoms with Gasteiger partial charge in [0.15, 0.2) is 0 Å². The molecule has 0 aromatic heterocycles. The molecule has 8 nitrogen and oxygen atoms in total. The number of aliphatic hydroxyl groups is 2. The zero-order valence-electron chi connectivity index (χ0n) is 16.2. The van der Waals surface area contributed by atoms with Crippen molar-refractivity contribution in [2.75, 3.05) is 25.7 Å². The quantitative estimate of drug-likeness (QED) is 0.386. The fourth-order valence-corrected chi connectivity index (χ4v) is 3.76. The van der Waals surface area contributed by atoms with Gasteiger partial charge in [0.05, 0.1) is 22.3 Å². The fraction of sp³-hybridized carbons (Fsp3) is 0.350. The molecule has 0 aliphatic carbocycles. The average Bonchev–Trinajstić information content (AvgIpc) is 2.75. The van der Waals surface area contributed by atoms with Crippen molar-refractivity contribution in [3.63, 3.8) is 0 Å². The molecule has 30 heavy (non-hydrogen) atoms. The summed E-state index contributed by atoms with van der Waals surface area (Å²) in [5.41, 5.74) is 0. The number of rotatable bonds is 11. The van der Waals surface area contributed by atoms with Gasteiger partial charge in [-0.25, -0.2) is 8.42 Å². The number of hydrogen-bond donors (Lipinski definition) is 2. The van der Waals surface area contributed by atoms with E-state index >= 15 is 0 Å². The molecule has 2 aromatic carbocycles. The van der Waals surface area contributed by atoms with E-state index < -0.39 is 34.6 Å². The van der Waals surface area contributed by atoms with E-state index in [1.165, 1.54) is 55.5 Å². The minimum atomic E-state index is -3.75. The Hall–Kier alpha value is -2.33. The summed E-state index contributed by atoms with van der Waals surface area (Å²) in [6, 6.07) is 11.5. The summed E-state index contributed by atoms with van der Waals surface area (Å²) in [7, 11) is -3.75. The molecule has 0 aliphatic rings. The predicted octanol–water partition coefficient (Wildman–Crippen LogP) is 1.80. The van der Waals surface area contributed by atoms with Crippen LogP contribution in [0.2, 0.25) is 0 Å². The lowest BCUT2D eigenvalue weighted by atomic mass is 10.3. The number of hydrogen-bond acceptors (Lipinski definition) is 8. The maximum absolute atomic E-state index is 12.8. The minimum absolute atomic E-state index is 0.0433. The molecule has 2 aromatic rings. The molecule has 0 saturated heterocycles. The highest BCUT2D eigenvalue weighted by molar-refractivity contribution is 7.91. The molecule has 0 unspecified atom stereocenters. The van der Waals surface area contributed by atoms with E-state index in [9.17, 15) is 18.3 Å². The molecule has 2 N–H and O–H groups in total. The van der Waals surface area contributed by atoms with Crippen LogP contribution in [-0.2, 0) is 19.4 Å². The number of carbonyl (C=O) groups is 1. The van der Waals surface area contributed by atoms with Crippen LogP contribution in [0.4, 0.5) is 0 Å². The standard InChI is InChI=1S/C20H23ClO8S/c1-14(23)29-18(10-21)13-28-17-4-8-20(9-5-17)30(25,26)19-6-2-16(3-7-19)27-12-15(24)11-22/h2-9,15,18,22,24H,10-13H2,1H3/t15-,18-/m0/s1. The topological polar surface area (TPSA) is 119 Å². The van der Waals surface area contributed by atoms with Crippen LogP contribution in [0.1, 0.15) is 6.92 Å². The van der Waals surface area contributed by atoms with E-state index in [1.54, 1.807) is 0 Å². The summed E-state index contributed by atoms with van der Waals surface area (Å²) in [5, 5.41) is 18.1. The number of sulfone groups is 1. The first-order valence-corrected chi connectivity index (χ1v) is 11.0. The molecule has 0 radical (unpaired) electrons. The molecular weight excluding hydrogens is 436 g/mol. The van der Waals surface area contributed by atoms with Crippen LogP contribution in [0.25, 0.3) is 0 Å². The van der Waals surface area contributed by atoms with Gasteiger partial charge in [-0.2, -0.15) is 0 Å². The van der Waals surface area contributed by atoms with E-state index in [-0.39, 0.29) is 28.9 Å². The smallest absolute Gasteiger partial charge is 0.303 e. The zero-order chi connectivity index (χ0) is 22.1. The van der Waals surface area contributed by atoms with Crippen molar-refractivity contribution in [2.45, 2.75) is 28.9 Å². The van der Waals surface area contributed by atoms with Crippen molar-refractivity contribution in [3.05, 3.63) is 48.5 Å². The van der Waals surface area contributed by atoms with Crippen molar-refractivity contribution < 1.29 is 37.6 Å². The van der Waals surface area contributed by atoms with E-state index in [2.05, 4.69) is 0 Å². The molecule has 2 atom stereocenters. The molecule has 0 spiro atoms. The lowest BCUT2D eigenvalue weighted by molar-refractivity contribution is -0.146. The Balaban J connectivity index is 2.03. The Labute approximate surface area is 179 Å². The van der Waals surface area contributed by atoms with Crippen molar-refractivity contribution in [2.24, 2.45) is 0 Å². The summed E-state index contributed by atoms with van der Waals surface area (Å²) in [5.74, 6) is 0.381. The van der Waals surface area contributed by atoms with Crippen molar-refractivity contribution >= 4 is 27.4 Å². The van der Waals surface area contributed by atoms with Crippen molar-refractivity contribution in [1.29, 1.82) is 0 Å². The zero-order valence-corrected chi connectivity index (χ0v) is 17.8. The van der Waals surface area contributed by atoms with E-state index in [0.29, 0.717) is 11.5 Å². The number of carbonyl (C=O) groups excluding carboxylic acids is 1. The molecule has 164 valence electrons. The second-order valence-corrected chi connectivity index (χ2v) is 8.55. The van der Waals surface area contributed by atoms with Crippen LogP contribution in [0.5, 0.6) is 11.5 Å². The number of esters is 1. The van der Waals surface area contributed by atoms with Gasteiger partial charge in [0.1, 0.15) is 36.9 Å². The van der Waals surface area contributed by atoms with Gasteiger partial charge < -0.3 is 24.4 Å². The lowest BCUT2D eigenvalue weighted by Gasteiger charge is -2.15. The second-order valence-electron chi connectivity index (χ2n) is 6.29. The number of aliphatic hydroxyl groups excluding tert-OH is 2. The van der Waals surface area contributed by atoms with Crippen molar-refractivity contribution in [1.82, 2.24) is 0 Å². The predicted molar refractivity (Wildman–Crippen MR) is 109 cm³/mol. The van der Waals surface area contributed by atoms with Crippen molar-refractivity contribution in [3.8, 4) is 11.5 Å². The van der Waals surface area contributed by atoms with Gasteiger partial charge in [-0.3, -0.25) is 4.79 Å². The Morgan fingerprint density at radius 1 is 0.967 bits per heavy atom. The van der Waals surface area contributed by atoms with Crippen LogP contribution in [-0.4, -0.2) is 62.5 Å². The van der Waals surface area contributed by atoms with Crippen LogP contribution >= 0.6 is 11.6 Å². The SMILES string of the molecule is CC(=O)O[C@@H](CCl)COc1ccc(S(=O)(=O)c2ccc(OC[C@@H](O)CO)cc2)cc1. The van der Waals surface area contributed by atoms with Gasteiger partial charge in [0, 0.05) is 6.92 Å². The maximum Gasteiger partial charge on any atom is 0.303 e. The molecule has 0 bridgehead atoms. The highest BCUT2D eigenvalue weighted by Gasteiger charge is 2.18. The molecule has 0 aliphatic heterocycles. The summed E-state index contributed by atoms with van der Waals surface area (Å²) >= 11 is 5.72. The molecule has 2 rings (SSSR count). The third-order valence-electron chi connectivity index (χ3n) is 3.86. The lowest BCUT2D eigenvalue weighted by Crippen LogP contribution is -2.25. The van der Waals surface area contributed by atoms with Gasteiger partial charge in [-0.15, -0.1) is 11.6 Å². The highest BCUT2D eigenvalue weighted by atomic mass is 35.5. The largest absolute Gasteiger partial charge is 0.491 e. The van der Waals surface area contributed by atoms with E-state index in [1.807, 2.05) is 0 Å². The first-order chi connectivity index (χ1) is 14.3. The first-order valence-electron chi connectivity index (χ1n) is 8.99. The average molecular weight is 459 g/mol. The van der Waals surface area contributed by atoms with Gasteiger partial charge in [-0.05, 0) is 48.5 Å².